The summed E-state index contributed by atoms with van der Waals surface area (Å²) in [4.78, 5) is 57.5. The van der Waals surface area contributed by atoms with E-state index in [0.717, 1.165) is 43.0 Å². The Balaban J connectivity index is 1.26. The molecule has 3 aromatic carbocycles. The number of fused-ring (bicyclic) bond motifs is 1. The molecule has 5 aromatic rings. The molecular formula is C37H36BrClN8O3. The fraction of sp³-hybridized carbons (Fsp3) is 0.270. The molecule has 0 radical (unpaired) electrons. The first-order chi connectivity index (χ1) is 24.2. The van der Waals surface area contributed by atoms with Crippen LogP contribution in [0.2, 0.25) is 5.02 Å². The summed E-state index contributed by atoms with van der Waals surface area (Å²) in [7, 11) is 2.12. The monoisotopic (exact) mass is 754 g/mol. The molecule has 11 nitrogen and oxygen atoms in total. The van der Waals surface area contributed by atoms with Gasteiger partial charge in [-0.2, -0.15) is 0 Å². The summed E-state index contributed by atoms with van der Waals surface area (Å²) in [5.41, 5.74) is 3.99. The molecule has 2 aromatic heterocycles. The quantitative estimate of drug-likeness (QED) is 0.242. The number of carbonyl (C=O) groups is 2. The molecule has 50 heavy (non-hydrogen) atoms. The number of nitrogens with zero attached hydrogens (tertiary/aromatic N) is 7. The second kappa shape index (κ2) is 14.2. The molecule has 1 N–H and O–H groups in total. The van der Waals surface area contributed by atoms with Crippen LogP contribution in [-0.2, 0) is 19.6 Å². The molecule has 0 saturated carbocycles. The van der Waals surface area contributed by atoms with Crippen molar-refractivity contribution in [1.29, 1.82) is 0 Å². The second-order valence-corrected chi connectivity index (χ2v) is 13.9. The third-order valence-electron chi connectivity index (χ3n) is 9.43. The molecule has 4 heterocycles. The van der Waals surface area contributed by atoms with E-state index in [1.807, 2.05) is 55.5 Å². The summed E-state index contributed by atoms with van der Waals surface area (Å²) in [5.74, 6) is -0.124. The van der Waals surface area contributed by atoms with E-state index in [2.05, 4.69) is 48.1 Å². The molecule has 2 aliphatic heterocycles. The normalized spacial score (nSPS) is 16.3. The Bertz CT molecular complexity index is 2110. The first-order valence-corrected chi connectivity index (χ1v) is 17.6. The highest BCUT2D eigenvalue weighted by molar-refractivity contribution is 9.10. The summed E-state index contributed by atoms with van der Waals surface area (Å²) >= 11 is 9.73. The van der Waals surface area contributed by atoms with Gasteiger partial charge in [0.2, 0.25) is 0 Å². The highest BCUT2D eigenvalue weighted by Gasteiger charge is 2.35. The number of imidazole rings is 1. The number of benzene rings is 3. The van der Waals surface area contributed by atoms with Gasteiger partial charge in [-0.1, -0.05) is 35.9 Å². The maximum Gasteiger partial charge on any atom is 0.333 e. The van der Waals surface area contributed by atoms with Crippen molar-refractivity contribution in [1.82, 2.24) is 34.2 Å². The summed E-state index contributed by atoms with van der Waals surface area (Å²) in [5, 5.41) is 3.48. The lowest BCUT2D eigenvalue weighted by Crippen LogP contribution is -2.47. The van der Waals surface area contributed by atoms with E-state index < -0.39 is 5.91 Å². The van der Waals surface area contributed by atoms with Crippen LogP contribution < -0.4 is 15.9 Å². The average Bonchev–Trinajstić information content (AvgIpc) is 3.42. The molecule has 1 saturated heterocycles. The van der Waals surface area contributed by atoms with Gasteiger partial charge < -0.3 is 20.0 Å². The van der Waals surface area contributed by atoms with Crippen molar-refractivity contribution in [3.05, 3.63) is 128 Å². The van der Waals surface area contributed by atoms with E-state index in [4.69, 9.17) is 11.6 Å². The van der Waals surface area contributed by atoms with Crippen LogP contribution in [0.5, 0.6) is 0 Å². The van der Waals surface area contributed by atoms with E-state index in [9.17, 15) is 14.4 Å². The van der Waals surface area contributed by atoms with Gasteiger partial charge in [0.05, 0.1) is 22.9 Å². The van der Waals surface area contributed by atoms with E-state index in [1.54, 1.807) is 46.1 Å². The number of rotatable bonds is 7. The zero-order valence-electron chi connectivity index (χ0n) is 27.7. The molecule has 1 fully saturated rings. The molecule has 7 rings (SSSR count). The van der Waals surface area contributed by atoms with Crippen molar-refractivity contribution in [3.8, 4) is 17.1 Å². The molecule has 256 valence electrons. The van der Waals surface area contributed by atoms with Crippen LogP contribution in [0.4, 0.5) is 5.69 Å². The van der Waals surface area contributed by atoms with Gasteiger partial charge in [0.15, 0.2) is 5.82 Å². The first kappa shape index (κ1) is 33.7. The van der Waals surface area contributed by atoms with Gasteiger partial charge in [0.1, 0.15) is 5.69 Å². The van der Waals surface area contributed by atoms with Crippen LogP contribution in [-0.4, -0.2) is 80.0 Å². The third kappa shape index (κ3) is 6.58. The number of aromatic nitrogens is 4. The zero-order chi connectivity index (χ0) is 34.9. The minimum Gasteiger partial charge on any atom is -0.369 e. The number of amides is 2. The number of hydrogen-bond acceptors (Lipinski definition) is 7. The number of halogens is 2. The largest absolute Gasteiger partial charge is 0.369 e. The van der Waals surface area contributed by atoms with Crippen molar-refractivity contribution in [2.24, 2.45) is 0 Å². The van der Waals surface area contributed by atoms with Gasteiger partial charge >= 0.3 is 5.69 Å². The Hall–Kier alpha value is -4.78. The summed E-state index contributed by atoms with van der Waals surface area (Å²) in [6.45, 7) is 6.12. The number of likely N-dealkylation sites (N-methyl/N-ethyl adjacent to an activating group) is 1. The van der Waals surface area contributed by atoms with Gasteiger partial charge in [0, 0.05) is 79.0 Å². The van der Waals surface area contributed by atoms with Crippen LogP contribution in [0, 0.1) is 0 Å². The van der Waals surface area contributed by atoms with Crippen LogP contribution in [0.15, 0.2) is 94.5 Å². The number of nitrogens with one attached hydrogen (secondary N) is 1. The Morgan fingerprint density at radius 2 is 1.64 bits per heavy atom. The summed E-state index contributed by atoms with van der Waals surface area (Å²) in [6, 6.07) is 21.9. The van der Waals surface area contributed by atoms with Crippen molar-refractivity contribution in [2.75, 3.05) is 38.1 Å². The lowest BCUT2D eigenvalue weighted by Gasteiger charge is -2.34. The minimum atomic E-state index is -0.434. The molecule has 1 atom stereocenters. The molecule has 0 bridgehead atoms. The van der Waals surface area contributed by atoms with E-state index in [1.165, 1.54) is 4.57 Å². The molecule has 2 amide bonds. The number of piperazine rings is 1. The predicted molar refractivity (Wildman–Crippen MR) is 197 cm³/mol. The molecular weight excluding hydrogens is 720 g/mol. The Morgan fingerprint density at radius 3 is 2.36 bits per heavy atom. The van der Waals surface area contributed by atoms with Gasteiger partial charge in [0.25, 0.3) is 11.8 Å². The van der Waals surface area contributed by atoms with Gasteiger partial charge in [-0.05, 0) is 84.0 Å². The van der Waals surface area contributed by atoms with Crippen molar-refractivity contribution < 1.29 is 9.59 Å². The lowest BCUT2D eigenvalue weighted by molar-refractivity contribution is 0.0610. The van der Waals surface area contributed by atoms with Crippen LogP contribution >= 0.6 is 27.5 Å². The molecule has 0 unspecified atom stereocenters. The highest BCUT2D eigenvalue weighted by Crippen LogP contribution is 2.29. The van der Waals surface area contributed by atoms with Gasteiger partial charge in [-0.3, -0.25) is 18.7 Å². The maximum atomic E-state index is 14.3. The van der Waals surface area contributed by atoms with Crippen molar-refractivity contribution in [2.45, 2.75) is 32.6 Å². The summed E-state index contributed by atoms with van der Waals surface area (Å²) < 4.78 is 3.78. The Labute approximate surface area is 303 Å². The fourth-order valence-electron chi connectivity index (χ4n) is 6.62. The van der Waals surface area contributed by atoms with Crippen LogP contribution in [0.25, 0.3) is 17.1 Å². The fourth-order valence-corrected chi connectivity index (χ4v) is 7.05. The van der Waals surface area contributed by atoms with Crippen LogP contribution in [0.3, 0.4) is 0 Å². The second-order valence-electron chi connectivity index (χ2n) is 12.7. The smallest absolute Gasteiger partial charge is 0.333 e. The molecule has 2 aliphatic rings. The van der Waals surface area contributed by atoms with E-state index >= 15 is 0 Å². The third-order valence-corrected chi connectivity index (χ3v) is 10.7. The lowest BCUT2D eigenvalue weighted by atomic mass is 10.1. The first-order valence-electron chi connectivity index (χ1n) is 16.5. The van der Waals surface area contributed by atoms with Gasteiger partial charge in [-0.25, -0.2) is 14.8 Å². The maximum absolute atomic E-state index is 14.3. The number of carbonyl (C=O) groups excluding carboxylic acids is 2. The average molecular weight is 756 g/mol. The molecule has 0 aliphatic carbocycles. The van der Waals surface area contributed by atoms with Gasteiger partial charge in [-0.15, -0.1) is 0 Å². The van der Waals surface area contributed by atoms with Crippen molar-refractivity contribution >= 4 is 45.0 Å². The number of hydrogen-bond donors (Lipinski definition) is 1. The Morgan fingerprint density at radius 1 is 0.940 bits per heavy atom. The minimum absolute atomic E-state index is 0.0620. The highest BCUT2D eigenvalue weighted by atomic mass is 79.9. The standard InChI is InChI=1S/C37H36BrClN8O3/c1-24-22-46-32(23-45(24)36(49)25-8-13-30(38)31(39)20-25)33(35(48)42-21-26-6-3-4-7-29(26)34-40-14-5-15-41-34)47(37(46)50)28-11-9-27(10-12-28)44-18-16-43(2)17-19-44/h3-15,20,24H,16-19,21-23H2,1-2H3,(H,42,48)/t24-/m0/s1. The summed E-state index contributed by atoms with van der Waals surface area (Å²) in [6.07, 6.45) is 3.35. The Kier molecular flexibility index (Phi) is 9.58. The molecule has 0 spiro atoms. The predicted octanol–water partition coefficient (Wildman–Crippen LogP) is 5.24. The zero-order valence-corrected chi connectivity index (χ0v) is 30.1. The van der Waals surface area contributed by atoms with E-state index in [-0.39, 0.29) is 43.0 Å². The topological polar surface area (TPSA) is 109 Å². The number of anilines is 1. The van der Waals surface area contributed by atoms with Crippen LogP contribution in [0.1, 0.15) is 39.0 Å². The van der Waals surface area contributed by atoms with Crippen molar-refractivity contribution in [3.63, 3.8) is 0 Å². The van der Waals surface area contributed by atoms with E-state index in [0.29, 0.717) is 32.3 Å². The molecule has 13 heteroatoms. The SMILES string of the molecule is C[C@H]1Cn2c(c(C(=O)NCc3ccccc3-c3ncccn3)n(-c3ccc(N4CCN(C)CC4)cc3)c2=O)CN1C(=O)c1ccc(Br)c(Cl)c1.